The van der Waals surface area contributed by atoms with Crippen molar-refractivity contribution in [1.82, 2.24) is 9.29 Å². The molecule has 0 amide bonds. The molecule has 0 atom stereocenters. The fourth-order valence-electron chi connectivity index (χ4n) is 3.52. The second-order valence-electron chi connectivity index (χ2n) is 6.86. The minimum Gasteiger partial charge on any atom is -0.493 e. The van der Waals surface area contributed by atoms with Crippen molar-refractivity contribution in [2.24, 2.45) is 0 Å². The van der Waals surface area contributed by atoms with Gasteiger partial charge in [0.25, 0.3) is 0 Å². The smallest absolute Gasteiger partial charge is 0.243 e. The molecular formula is C21H21ClN2O3S. The van der Waals surface area contributed by atoms with Gasteiger partial charge >= 0.3 is 0 Å². The molecule has 1 aliphatic rings. The van der Waals surface area contributed by atoms with E-state index in [1.165, 1.54) is 4.31 Å². The molecule has 146 valence electrons. The van der Waals surface area contributed by atoms with E-state index >= 15 is 0 Å². The van der Waals surface area contributed by atoms with E-state index in [1.54, 1.807) is 18.2 Å². The van der Waals surface area contributed by atoms with Crippen molar-refractivity contribution < 1.29 is 13.2 Å². The van der Waals surface area contributed by atoms with E-state index in [2.05, 4.69) is 0 Å². The summed E-state index contributed by atoms with van der Waals surface area (Å²) in [6.45, 7) is 4.94. The standard InChI is InChI=1S/C21H21ClN2O3S/c1-3-27-21-17-12-15(22)6-9-19(17)23-20-10-11-24(13-18(20)21)28(25,26)16-7-4-14(2)5-8-16/h4-9,12H,3,10-11,13H2,1-2H3. The van der Waals surface area contributed by atoms with Crippen molar-refractivity contribution in [3.8, 4) is 5.75 Å². The summed E-state index contributed by atoms with van der Waals surface area (Å²) in [5, 5.41) is 1.40. The number of sulfonamides is 1. The average molecular weight is 417 g/mol. The summed E-state index contributed by atoms with van der Waals surface area (Å²) in [6, 6.07) is 12.4. The number of pyridine rings is 1. The zero-order valence-electron chi connectivity index (χ0n) is 15.8. The van der Waals surface area contributed by atoms with Gasteiger partial charge in [-0.15, -0.1) is 0 Å². The van der Waals surface area contributed by atoms with E-state index in [0.717, 1.165) is 27.7 Å². The van der Waals surface area contributed by atoms with E-state index in [4.69, 9.17) is 21.3 Å². The number of aromatic nitrogens is 1. The van der Waals surface area contributed by atoms with Gasteiger partial charge in [-0.3, -0.25) is 4.98 Å². The zero-order chi connectivity index (χ0) is 19.9. The lowest BCUT2D eigenvalue weighted by Crippen LogP contribution is -2.36. The molecule has 5 nitrogen and oxygen atoms in total. The van der Waals surface area contributed by atoms with Crippen LogP contribution in [-0.4, -0.2) is 30.9 Å². The second kappa shape index (κ2) is 7.35. The molecule has 1 aliphatic heterocycles. The molecule has 4 rings (SSSR count). The van der Waals surface area contributed by atoms with Crippen LogP contribution in [0.4, 0.5) is 0 Å². The van der Waals surface area contributed by atoms with Crippen LogP contribution in [0.5, 0.6) is 5.75 Å². The Bertz CT molecular complexity index is 1140. The van der Waals surface area contributed by atoms with Crippen LogP contribution >= 0.6 is 11.6 Å². The van der Waals surface area contributed by atoms with Crippen molar-refractivity contribution in [1.29, 1.82) is 0 Å². The molecule has 0 fully saturated rings. The van der Waals surface area contributed by atoms with E-state index in [0.29, 0.717) is 35.2 Å². The van der Waals surface area contributed by atoms with Crippen LogP contribution in [0.2, 0.25) is 5.02 Å². The number of hydrogen-bond acceptors (Lipinski definition) is 4. The van der Waals surface area contributed by atoms with Crippen molar-refractivity contribution >= 4 is 32.5 Å². The summed E-state index contributed by atoms with van der Waals surface area (Å²) in [5.41, 5.74) is 3.53. The summed E-state index contributed by atoms with van der Waals surface area (Å²) in [4.78, 5) is 5.04. The Labute approximate surface area is 170 Å². The number of aryl methyl sites for hydroxylation is 1. The van der Waals surface area contributed by atoms with Crippen LogP contribution in [0.3, 0.4) is 0 Å². The van der Waals surface area contributed by atoms with Gasteiger partial charge in [0.2, 0.25) is 10.0 Å². The Morgan fingerprint density at radius 2 is 1.93 bits per heavy atom. The summed E-state index contributed by atoms with van der Waals surface area (Å²) in [6.07, 6.45) is 0.541. The predicted octanol–water partition coefficient (Wildman–Crippen LogP) is 4.34. The quantitative estimate of drug-likeness (QED) is 0.634. The highest BCUT2D eigenvalue weighted by Gasteiger charge is 2.31. The molecule has 3 aromatic rings. The first kappa shape index (κ1) is 19.2. The summed E-state index contributed by atoms with van der Waals surface area (Å²) < 4.78 is 33.7. The van der Waals surface area contributed by atoms with Crippen LogP contribution in [0.1, 0.15) is 23.7 Å². The number of hydrogen-bond donors (Lipinski definition) is 0. The maximum Gasteiger partial charge on any atom is 0.243 e. The van der Waals surface area contributed by atoms with Crippen molar-refractivity contribution in [2.75, 3.05) is 13.2 Å². The molecule has 2 heterocycles. The van der Waals surface area contributed by atoms with E-state index in [9.17, 15) is 8.42 Å². The lowest BCUT2D eigenvalue weighted by Gasteiger charge is -2.29. The fraction of sp³-hybridized carbons (Fsp3) is 0.286. The van der Waals surface area contributed by atoms with Crippen LogP contribution < -0.4 is 4.74 Å². The highest BCUT2D eigenvalue weighted by atomic mass is 35.5. The molecule has 0 radical (unpaired) electrons. The highest BCUT2D eigenvalue weighted by molar-refractivity contribution is 7.89. The summed E-state index contributed by atoms with van der Waals surface area (Å²) in [5.74, 6) is 0.675. The molecule has 0 aliphatic carbocycles. The van der Waals surface area contributed by atoms with Gasteiger partial charge < -0.3 is 4.74 Å². The molecular weight excluding hydrogens is 396 g/mol. The van der Waals surface area contributed by atoms with E-state index < -0.39 is 10.0 Å². The van der Waals surface area contributed by atoms with Gasteiger partial charge in [0.05, 0.1) is 22.7 Å². The Balaban J connectivity index is 1.80. The first-order valence-corrected chi connectivity index (χ1v) is 11.0. The van der Waals surface area contributed by atoms with Crippen LogP contribution in [0.15, 0.2) is 47.4 Å². The topological polar surface area (TPSA) is 59.5 Å². The number of nitrogens with zero attached hydrogens (tertiary/aromatic N) is 2. The molecule has 0 unspecified atom stereocenters. The van der Waals surface area contributed by atoms with Crippen molar-refractivity contribution in [2.45, 2.75) is 31.7 Å². The number of fused-ring (bicyclic) bond motifs is 2. The normalized spacial score (nSPS) is 14.8. The third-order valence-corrected chi connectivity index (χ3v) is 7.06. The minimum atomic E-state index is -3.59. The van der Waals surface area contributed by atoms with Gasteiger partial charge in [-0.2, -0.15) is 4.31 Å². The maximum absolute atomic E-state index is 13.1. The molecule has 7 heteroatoms. The first-order chi connectivity index (χ1) is 13.4. The zero-order valence-corrected chi connectivity index (χ0v) is 17.3. The van der Waals surface area contributed by atoms with Crippen LogP contribution in [0, 0.1) is 6.92 Å². The van der Waals surface area contributed by atoms with Gasteiger partial charge in [0, 0.05) is 35.5 Å². The molecule has 1 aromatic heterocycles. The number of ether oxygens (including phenoxy) is 1. The Kier molecular flexibility index (Phi) is 5.04. The van der Waals surface area contributed by atoms with E-state index in [1.807, 2.05) is 38.1 Å². The maximum atomic E-state index is 13.1. The van der Waals surface area contributed by atoms with E-state index in [-0.39, 0.29) is 6.54 Å². The number of halogens is 1. The number of rotatable bonds is 4. The summed E-state index contributed by atoms with van der Waals surface area (Å²) in [7, 11) is -3.59. The molecule has 0 bridgehead atoms. The molecule has 28 heavy (non-hydrogen) atoms. The molecule has 0 saturated carbocycles. The predicted molar refractivity (Wildman–Crippen MR) is 110 cm³/mol. The number of benzene rings is 2. The van der Waals surface area contributed by atoms with Crippen molar-refractivity contribution in [3.05, 3.63) is 64.3 Å². The van der Waals surface area contributed by atoms with Gasteiger partial charge in [-0.25, -0.2) is 8.42 Å². The van der Waals surface area contributed by atoms with Gasteiger partial charge in [-0.05, 0) is 44.2 Å². The Hall–Kier alpha value is -2.15. The SMILES string of the molecule is CCOc1c2c(nc3ccc(Cl)cc13)CCN(S(=O)(=O)c1ccc(C)cc1)C2. The Morgan fingerprint density at radius 3 is 2.64 bits per heavy atom. The lowest BCUT2D eigenvalue weighted by molar-refractivity contribution is 0.324. The fourth-order valence-corrected chi connectivity index (χ4v) is 5.10. The monoisotopic (exact) mass is 416 g/mol. The third-order valence-electron chi connectivity index (χ3n) is 4.96. The van der Waals surface area contributed by atoms with Gasteiger partial charge in [0.15, 0.2) is 0 Å². The molecule has 0 N–H and O–H groups in total. The van der Waals surface area contributed by atoms with Gasteiger partial charge in [0.1, 0.15) is 5.75 Å². The first-order valence-electron chi connectivity index (χ1n) is 9.21. The average Bonchev–Trinajstić information content (AvgIpc) is 2.68. The largest absolute Gasteiger partial charge is 0.493 e. The minimum absolute atomic E-state index is 0.232. The lowest BCUT2D eigenvalue weighted by atomic mass is 10.0. The summed E-state index contributed by atoms with van der Waals surface area (Å²) >= 11 is 6.18. The van der Waals surface area contributed by atoms with Crippen LogP contribution in [0.25, 0.3) is 10.9 Å². The molecule has 0 spiro atoms. The third kappa shape index (κ3) is 3.36. The highest BCUT2D eigenvalue weighted by Crippen LogP contribution is 2.37. The van der Waals surface area contributed by atoms with Gasteiger partial charge in [-0.1, -0.05) is 29.3 Å². The Morgan fingerprint density at radius 1 is 1.18 bits per heavy atom. The van der Waals surface area contributed by atoms with Crippen LogP contribution in [-0.2, 0) is 23.0 Å². The molecule has 0 saturated heterocycles. The second-order valence-corrected chi connectivity index (χ2v) is 9.24. The van der Waals surface area contributed by atoms with Crippen molar-refractivity contribution in [3.63, 3.8) is 0 Å². The molecule has 2 aromatic carbocycles.